The smallest absolute Gasteiger partial charge is 0.310 e. The fraction of sp³-hybridized carbons (Fsp3) is 0.909. The van der Waals surface area contributed by atoms with Crippen molar-refractivity contribution in [2.75, 3.05) is 33.3 Å². The predicted octanol–water partition coefficient (Wildman–Crippen LogP) is -0.00540. The van der Waals surface area contributed by atoms with Gasteiger partial charge in [-0.25, -0.2) is 0 Å². The third-order valence-electron chi connectivity index (χ3n) is 3.75. The molecule has 0 aromatic rings. The van der Waals surface area contributed by atoms with E-state index in [4.69, 9.17) is 4.74 Å². The molecule has 0 spiro atoms. The van der Waals surface area contributed by atoms with Gasteiger partial charge in [-0.15, -0.1) is 0 Å². The highest BCUT2D eigenvalue weighted by Crippen LogP contribution is 2.31. The Kier molecular flexibility index (Phi) is 3.59. The normalized spacial score (nSPS) is 32.9. The predicted molar refractivity (Wildman–Crippen MR) is 57.5 cm³/mol. The van der Waals surface area contributed by atoms with Crippen molar-refractivity contribution in [1.29, 1.82) is 0 Å². The number of ether oxygens (including phenoxy) is 1. The maximum Gasteiger partial charge on any atom is 0.310 e. The number of esters is 1. The molecular formula is C11H20N2O2. The van der Waals surface area contributed by atoms with Crippen LogP contribution >= 0.6 is 0 Å². The van der Waals surface area contributed by atoms with E-state index < -0.39 is 0 Å². The van der Waals surface area contributed by atoms with Crippen molar-refractivity contribution in [3.05, 3.63) is 0 Å². The van der Waals surface area contributed by atoms with Crippen molar-refractivity contribution in [2.24, 2.45) is 17.8 Å². The van der Waals surface area contributed by atoms with Gasteiger partial charge in [0.15, 0.2) is 0 Å². The minimum absolute atomic E-state index is 0.0384. The van der Waals surface area contributed by atoms with E-state index in [2.05, 4.69) is 10.6 Å². The molecule has 0 bridgehead atoms. The standard InChI is InChI=1S/C11H20N2O2/c1-15-11(14)10-7-13-6-9(10)8-2-4-12-5-3-8/h8-10,12-13H,2-7H2,1H3/t9-,10+/m0/s1. The van der Waals surface area contributed by atoms with Gasteiger partial charge >= 0.3 is 5.97 Å². The molecule has 0 saturated carbocycles. The molecule has 0 aliphatic carbocycles. The van der Waals surface area contributed by atoms with Crippen molar-refractivity contribution in [3.8, 4) is 0 Å². The van der Waals surface area contributed by atoms with Crippen molar-refractivity contribution in [2.45, 2.75) is 12.8 Å². The second-order valence-corrected chi connectivity index (χ2v) is 4.54. The Bertz CT molecular complexity index is 227. The molecule has 0 unspecified atom stereocenters. The van der Waals surface area contributed by atoms with Gasteiger partial charge in [-0.1, -0.05) is 0 Å². The number of hydrogen-bond donors (Lipinski definition) is 2. The second-order valence-electron chi connectivity index (χ2n) is 4.54. The summed E-state index contributed by atoms with van der Waals surface area (Å²) in [5, 5.41) is 6.67. The third kappa shape index (κ3) is 2.32. The van der Waals surface area contributed by atoms with Gasteiger partial charge in [0.05, 0.1) is 13.0 Å². The molecule has 2 saturated heterocycles. The Hall–Kier alpha value is -0.610. The number of rotatable bonds is 2. The van der Waals surface area contributed by atoms with Gasteiger partial charge in [0, 0.05) is 6.54 Å². The minimum Gasteiger partial charge on any atom is -0.469 e. The molecule has 2 heterocycles. The van der Waals surface area contributed by atoms with E-state index in [1.807, 2.05) is 0 Å². The summed E-state index contributed by atoms with van der Waals surface area (Å²) in [4.78, 5) is 11.6. The highest BCUT2D eigenvalue weighted by molar-refractivity contribution is 5.73. The summed E-state index contributed by atoms with van der Waals surface area (Å²) >= 11 is 0. The van der Waals surface area contributed by atoms with Crippen LogP contribution in [-0.4, -0.2) is 39.3 Å². The number of methoxy groups -OCH3 is 1. The first-order valence-corrected chi connectivity index (χ1v) is 5.82. The van der Waals surface area contributed by atoms with Crippen molar-refractivity contribution < 1.29 is 9.53 Å². The number of carbonyl (C=O) groups is 1. The number of piperidine rings is 1. The fourth-order valence-corrected chi connectivity index (χ4v) is 2.88. The summed E-state index contributed by atoms with van der Waals surface area (Å²) in [6, 6.07) is 0. The van der Waals surface area contributed by atoms with Crippen molar-refractivity contribution >= 4 is 5.97 Å². The summed E-state index contributed by atoms with van der Waals surface area (Å²) < 4.78 is 4.86. The van der Waals surface area contributed by atoms with Crippen LogP contribution in [0.5, 0.6) is 0 Å². The lowest BCUT2D eigenvalue weighted by Gasteiger charge is -2.30. The highest BCUT2D eigenvalue weighted by atomic mass is 16.5. The molecule has 2 atom stereocenters. The van der Waals surface area contributed by atoms with Crippen LogP contribution in [0, 0.1) is 17.8 Å². The van der Waals surface area contributed by atoms with Crippen LogP contribution in [0.3, 0.4) is 0 Å². The van der Waals surface area contributed by atoms with Gasteiger partial charge in [0.2, 0.25) is 0 Å². The number of hydrogen-bond acceptors (Lipinski definition) is 4. The van der Waals surface area contributed by atoms with Crippen LogP contribution in [0.1, 0.15) is 12.8 Å². The lowest BCUT2D eigenvalue weighted by molar-refractivity contribution is -0.146. The molecule has 0 aromatic carbocycles. The zero-order chi connectivity index (χ0) is 10.7. The minimum atomic E-state index is -0.0384. The fourth-order valence-electron chi connectivity index (χ4n) is 2.88. The summed E-state index contributed by atoms with van der Waals surface area (Å²) in [6.07, 6.45) is 2.39. The first-order chi connectivity index (χ1) is 7.33. The Morgan fingerprint density at radius 3 is 2.60 bits per heavy atom. The van der Waals surface area contributed by atoms with Crippen LogP contribution < -0.4 is 10.6 Å². The molecule has 0 aromatic heterocycles. The topological polar surface area (TPSA) is 50.4 Å². The number of nitrogens with one attached hydrogen (secondary N) is 2. The quantitative estimate of drug-likeness (QED) is 0.632. The maximum atomic E-state index is 11.6. The molecule has 86 valence electrons. The first kappa shape index (κ1) is 10.9. The Balaban J connectivity index is 1.97. The van der Waals surface area contributed by atoms with Gasteiger partial charge in [0.25, 0.3) is 0 Å². The van der Waals surface area contributed by atoms with Crippen LogP contribution in [0.2, 0.25) is 0 Å². The summed E-state index contributed by atoms with van der Waals surface area (Å²) in [5.41, 5.74) is 0. The SMILES string of the molecule is COC(=O)[C@@H]1CNC[C@H]1C1CCNCC1. The average Bonchev–Trinajstić information content (AvgIpc) is 2.78. The molecule has 2 fully saturated rings. The molecule has 4 heteroatoms. The highest BCUT2D eigenvalue weighted by Gasteiger charge is 2.38. The van der Waals surface area contributed by atoms with E-state index in [9.17, 15) is 4.79 Å². The molecule has 15 heavy (non-hydrogen) atoms. The molecule has 4 nitrogen and oxygen atoms in total. The monoisotopic (exact) mass is 212 g/mol. The molecule has 2 rings (SSSR count). The second kappa shape index (κ2) is 4.94. The van der Waals surface area contributed by atoms with E-state index in [1.54, 1.807) is 0 Å². The van der Waals surface area contributed by atoms with E-state index in [0.29, 0.717) is 11.8 Å². The lowest BCUT2D eigenvalue weighted by Crippen LogP contribution is -2.36. The molecule has 2 aliphatic rings. The van der Waals surface area contributed by atoms with E-state index in [0.717, 1.165) is 26.2 Å². The first-order valence-electron chi connectivity index (χ1n) is 5.82. The van der Waals surface area contributed by atoms with E-state index >= 15 is 0 Å². The maximum absolute atomic E-state index is 11.6. The van der Waals surface area contributed by atoms with Crippen LogP contribution in [-0.2, 0) is 9.53 Å². The van der Waals surface area contributed by atoms with Crippen LogP contribution in [0.4, 0.5) is 0 Å². The van der Waals surface area contributed by atoms with Gasteiger partial charge < -0.3 is 15.4 Å². The van der Waals surface area contributed by atoms with E-state index in [-0.39, 0.29) is 11.9 Å². The third-order valence-corrected chi connectivity index (χ3v) is 3.75. The zero-order valence-electron chi connectivity index (χ0n) is 9.29. The molecule has 0 amide bonds. The Morgan fingerprint density at radius 2 is 1.93 bits per heavy atom. The molecular weight excluding hydrogens is 192 g/mol. The number of carbonyl (C=O) groups excluding carboxylic acids is 1. The largest absolute Gasteiger partial charge is 0.469 e. The average molecular weight is 212 g/mol. The zero-order valence-corrected chi connectivity index (χ0v) is 9.29. The summed E-state index contributed by atoms with van der Waals surface area (Å²) in [7, 11) is 1.49. The van der Waals surface area contributed by atoms with Crippen molar-refractivity contribution in [1.82, 2.24) is 10.6 Å². The summed E-state index contributed by atoms with van der Waals surface area (Å²) in [5.74, 6) is 1.21. The molecule has 2 N–H and O–H groups in total. The molecule has 2 aliphatic heterocycles. The Labute approximate surface area is 90.8 Å². The van der Waals surface area contributed by atoms with Gasteiger partial charge in [-0.2, -0.15) is 0 Å². The van der Waals surface area contributed by atoms with Crippen LogP contribution in [0.25, 0.3) is 0 Å². The summed E-state index contributed by atoms with van der Waals surface area (Å²) in [6.45, 7) is 3.95. The van der Waals surface area contributed by atoms with Crippen LogP contribution in [0.15, 0.2) is 0 Å². The van der Waals surface area contributed by atoms with Gasteiger partial charge in [0.1, 0.15) is 0 Å². The van der Waals surface area contributed by atoms with Gasteiger partial charge in [-0.3, -0.25) is 4.79 Å². The molecule has 0 radical (unpaired) electrons. The van der Waals surface area contributed by atoms with Gasteiger partial charge in [-0.05, 0) is 44.3 Å². The lowest BCUT2D eigenvalue weighted by atomic mass is 9.79. The van der Waals surface area contributed by atoms with Crippen molar-refractivity contribution in [3.63, 3.8) is 0 Å². The van der Waals surface area contributed by atoms with E-state index in [1.165, 1.54) is 20.0 Å². The Morgan fingerprint density at radius 1 is 1.20 bits per heavy atom.